The molecule has 22 heavy (non-hydrogen) atoms. The van der Waals surface area contributed by atoms with Crippen molar-refractivity contribution < 1.29 is 9.53 Å². The summed E-state index contributed by atoms with van der Waals surface area (Å²) in [5.74, 6) is 0.508. The van der Waals surface area contributed by atoms with Crippen molar-refractivity contribution in [1.82, 2.24) is 14.7 Å². The van der Waals surface area contributed by atoms with Crippen molar-refractivity contribution >= 4 is 5.91 Å². The Labute approximate surface area is 132 Å². The molecular weight excluding hydrogens is 280 g/mol. The number of rotatable bonds is 5. The topological polar surface area (TPSA) is 73.4 Å². The molecule has 1 amide bonds. The van der Waals surface area contributed by atoms with Crippen molar-refractivity contribution in [2.45, 2.75) is 32.8 Å². The Morgan fingerprint density at radius 2 is 2.27 bits per heavy atom. The summed E-state index contributed by atoms with van der Waals surface area (Å²) < 4.78 is 7.72. The van der Waals surface area contributed by atoms with Crippen molar-refractivity contribution in [1.29, 1.82) is 0 Å². The maximum absolute atomic E-state index is 12.8. The Kier molecular flexibility index (Phi) is 5.24. The van der Waals surface area contributed by atoms with E-state index in [0.29, 0.717) is 32.2 Å². The number of carbonyl (C=O) groups excluding carboxylic acids is 1. The number of aromatic nitrogens is 2. The SMILES string of the molecule is CC(C)CC(CN)C(=O)N1CCOC(C)(c2cnn(C)c2)C1. The third-order valence-electron chi connectivity index (χ3n) is 4.29. The van der Waals surface area contributed by atoms with E-state index in [4.69, 9.17) is 10.5 Å². The molecule has 0 aromatic carbocycles. The Hall–Kier alpha value is -1.40. The fraction of sp³-hybridized carbons (Fsp3) is 0.750. The summed E-state index contributed by atoms with van der Waals surface area (Å²) in [5, 5.41) is 4.21. The number of hydrogen-bond donors (Lipinski definition) is 1. The largest absolute Gasteiger partial charge is 0.367 e. The lowest BCUT2D eigenvalue weighted by molar-refractivity contribution is -0.153. The number of aryl methyl sites for hydroxylation is 1. The number of carbonyl (C=O) groups is 1. The molecule has 2 rings (SSSR count). The van der Waals surface area contributed by atoms with E-state index in [9.17, 15) is 4.79 Å². The zero-order valence-corrected chi connectivity index (χ0v) is 14.1. The molecule has 1 saturated heterocycles. The maximum atomic E-state index is 12.8. The highest BCUT2D eigenvalue weighted by molar-refractivity contribution is 5.79. The van der Waals surface area contributed by atoms with Gasteiger partial charge in [0.15, 0.2) is 0 Å². The van der Waals surface area contributed by atoms with Gasteiger partial charge in [0.25, 0.3) is 0 Å². The van der Waals surface area contributed by atoms with Crippen LogP contribution in [-0.4, -0.2) is 46.8 Å². The van der Waals surface area contributed by atoms with Gasteiger partial charge in [-0.05, 0) is 19.3 Å². The van der Waals surface area contributed by atoms with Gasteiger partial charge in [0.2, 0.25) is 5.91 Å². The van der Waals surface area contributed by atoms with Gasteiger partial charge in [-0.1, -0.05) is 13.8 Å². The summed E-state index contributed by atoms with van der Waals surface area (Å²) in [6.45, 7) is 8.37. The Bertz CT molecular complexity index is 514. The van der Waals surface area contributed by atoms with Gasteiger partial charge in [0.1, 0.15) is 5.60 Å². The van der Waals surface area contributed by atoms with E-state index >= 15 is 0 Å². The monoisotopic (exact) mass is 308 g/mol. The molecule has 0 radical (unpaired) electrons. The number of nitrogens with two attached hydrogens (primary N) is 1. The number of morpholine rings is 1. The van der Waals surface area contributed by atoms with Gasteiger partial charge in [-0.3, -0.25) is 9.48 Å². The highest BCUT2D eigenvalue weighted by atomic mass is 16.5. The highest BCUT2D eigenvalue weighted by Crippen LogP contribution is 2.30. The Morgan fingerprint density at radius 1 is 1.55 bits per heavy atom. The van der Waals surface area contributed by atoms with Crippen molar-refractivity contribution in [2.24, 2.45) is 24.6 Å². The molecule has 1 aromatic heterocycles. The summed E-state index contributed by atoms with van der Waals surface area (Å²) in [6.07, 6.45) is 4.58. The fourth-order valence-electron chi connectivity index (χ4n) is 3.05. The van der Waals surface area contributed by atoms with Crippen LogP contribution in [0, 0.1) is 11.8 Å². The summed E-state index contributed by atoms with van der Waals surface area (Å²) in [4.78, 5) is 14.7. The Morgan fingerprint density at radius 3 is 2.82 bits per heavy atom. The number of ether oxygens (including phenoxy) is 1. The average molecular weight is 308 g/mol. The molecule has 2 unspecified atom stereocenters. The van der Waals surface area contributed by atoms with E-state index in [1.54, 1.807) is 4.68 Å². The minimum Gasteiger partial charge on any atom is -0.367 e. The molecule has 1 aliphatic rings. The zero-order valence-electron chi connectivity index (χ0n) is 14.1. The second-order valence-electron chi connectivity index (χ2n) is 6.80. The van der Waals surface area contributed by atoms with Crippen molar-refractivity contribution in [3.8, 4) is 0 Å². The first kappa shape index (κ1) is 17.0. The van der Waals surface area contributed by atoms with E-state index in [1.165, 1.54) is 0 Å². The van der Waals surface area contributed by atoms with E-state index < -0.39 is 5.60 Å². The van der Waals surface area contributed by atoms with Crippen molar-refractivity contribution in [3.05, 3.63) is 18.0 Å². The Balaban J connectivity index is 2.11. The van der Waals surface area contributed by atoms with Gasteiger partial charge in [0.05, 0.1) is 25.3 Å². The van der Waals surface area contributed by atoms with Crippen LogP contribution in [0.3, 0.4) is 0 Å². The molecule has 0 bridgehead atoms. The molecule has 124 valence electrons. The van der Waals surface area contributed by atoms with Crippen molar-refractivity contribution in [2.75, 3.05) is 26.2 Å². The first-order valence-corrected chi connectivity index (χ1v) is 7.97. The summed E-state index contributed by atoms with van der Waals surface area (Å²) in [6, 6.07) is 0. The van der Waals surface area contributed by atoms with Gasteiger partial charge in [-0.15, -0.1) is 0 Å². The van der Waals surface area contributed by atoms with E-state index in [-0.39, 0.29) is 11.8 Å². The van der Waals surface area contributed by atoms with Gasteiger partial charge in [-0.2, -0.15) is 5.10 Å². The number of amides is 1. The van der Waals surface area contributed by atoms with Gasteiger partial charge < -0.3 is 15.4 Å². The number of hydrogen-bond acceptors (Lipinski definition) is 4. The van der Waals surface area contributed by atoms with Crippen LogP contribution in [0.1, 0.15) is 32.8 Å². The molecule has 1 fully saturated rings. The molecule has 1 aromatic rings. The molecule has 2 heterocycles. The lowest BCUT2D eigenvalue weighted by atomic mass is 9.93. The predicted octanol–water partition coefficient (Wildman–Crippen LogP) is 1.12. The fourth-order valence-corrected chi connectivity index (χ4v) is 3.05. The first-order valence-electron chi connectivity index (χ1n) is 7.97. The molecule has 2 N–H and O–H groups in total. The van der Waals surface area contributed by atoms with Crippen LogP contribution in [0.2, 0.25) is 0 Å². The second kappa shape index (κ2) is 6.79. The van der Waals surface area contributed by atoms with Crippen molar-refractivity contribution in [3.63, 3.8) is 0 Å². The summed E-state index contributed by atoms with van der Waals surface area (Å²) in [7, 11) is 1.88. The summed E-state index contributed by atoms with van der Waals surface area (Å²) in [5.41, 5.74) is 6.32. The van der Waals surface area contributed by atoms with Gasteiger partial charge >= 0.3 is 0 Å². The lowest BCUT2D eigenvalue weighted by Gasteiger charge is -2.41. The highest BCUT2D eigenvalue weighted by Gasteiger charge is 2.38. The second-order valence-corrected chi connectivity index (χ2v) is 6.80. The third-order valence-corrected chi connectivity index (χ3v) is 4.29. The van der Waals surface area contributed by atoms with Gasteiger partial charge in [-0.25, -0.2) is 0 Å². The molecule has 0 aliphatic carbocycles. The lowest BCUT2D eigenvalue weighted by Crippen LogP contribution is -2.52. The molecule has 6 nitrogen and oxygen atoms in total. The number of nitrogens with zero attached hydrogens (tertiary/aromatic N) is 3. The molecular formula is C16H28N4O2. The smallest absolute Gasteiger partial charge is 0.227 e. The molecule has 0 saturated carbocycles. The van der Waals surface area contributed by atoms with E-state index in [2.05, 4.69) is 18.9 Å². The molecule has 1 aliphatic heterocycles. The van der Waals surface area contributed by atoms with Crippen LogP contribution in [0.15, 0.2) is 12.4 Å². The average Bonchev–Trinajstić information content (AvgIpc) is 2.91. The van der Waals surface area contributed by atoms with E-state index in [1.807, 2.05) is 31.3 Å². The standard InChI is InChI=1S/C16H28N4O2/c1-12(2)7-13(8-17)15(21)20-5-6-22-16(3,11-20)14-9-18-19(4)10-14/h9-10,12-13H,5-8,11,17H2,1-4H3. The predicted molar refractivity (Wildman–Crippen MR) is 85.1 cm³/mol. The summed E-state index contributed by atoms with van der Waals surface area (Å²) >= 11 is 0. The minimum absolute atomic E-state index is 0.101. The van der Waals surface area contributed by atoms with Crippen LogP contribution in [0.25, 0.3) is 0 Å². The molecule has 2 atom stereocenters. The van der Waals surface area contributed by atoms with E-state index in [0.717, 1.165) is 12.0 Å². The van der Waals surface area contributed by atoms with Crippen LogP contribution < -0.4 is 5.73 Å². The van der Waals surface area contributed by atoms with Crippen LogP contribution >= 0.6 is 0 Å². The molecule has 0 spiro atoms. The quantitative estimate of drug-likeness (QED) is 0.884. The van der Waals surface area contributed by atoms with Crippen LogP contribution in [-0.2, 0) is 22.2 Å². The minimum atomic E-state index is -0.501. The third kappa shape index (κ3) is 3.67. The van der Waals surface area contributed by atoms with Crippen LogP contribution in [0.5, 0.6) is 0 Å². The molecule has 6 heteroatoms. The maximum Gasteiger partial charge on any atom is 0.227 e. The zero-order chi connectivity index (χ0) is 16.3. The normalized spacial score (nSPS) is 23.8. The van der Waals surface area contributed by atoms with Gasteiger partial charge in [0, 0.05) is 31.9 Å². The van der Waals surface area contributed by atoms with Crippen LogP contribution in [0.4, 0.5) is 0 Å². The first-order chi connectivity index (χ1) is 10.4.